The molecule has 0 aliphatic carbocycles. The number of amides is 1. The maximum absolute atomic E-state index is 12.1. The van der Waals surface area contributed by atoms with Crippen molar-refractivity contribution in [1.82, 2.24) is 4.90 Å². The van der Waals surface area contributed by atoms with Gasteiger partial charge in [-0.25, -0.2) is 0 Å². The minimum absolute atomic E-state index is 0.0951. The van der Waals surface area contributed by atoms with Crippen LogP contribution in [0.1, 0.15) is 23.7 Å². The number of hydrogen-bond acceptors (Lipinski definition) is 3. The molecule has 0 saturated carbocycles. The third kappa shape index (κ3) is 2.17. The van der Waals surface area contributed by atoms with E-state index in [0.29, 0.717) is 35.2 Å². The summed E-state index contributed by atoms with van der Waals surface area (Å²) in [6.07, 6.45) is 0.662. The van der Waals surface area contributed by atoms with E-state index < -0.39 is 5.60 Å². The standard InChI is InChI=1S/C12H15BrN2O2/c1-2-12(17)6-15(7-12)11(16)8-4-3-5-9(14)10(8)13/h3-5,17H,2,6-7,14H2,1H3. The topological polar surface area (TPSA) is 66.6 Å². The average molecular weight is 299 g/mol. The van der Waals surface area contributed by atoms with Gasteiger partial charge in [-0.3, -0.25) is 4.79 Å². The number of carbonyl (C=O) groups is 1. The first-order chi connectivity index (χ1) is 7.97. The highest BCUT2D eigenvalue weighted by molar-refractivity contribution is 9.10. The van der Waals surface area contributed by atoms with E-state index in [1.807, 2.05) is 6.92 Å². The van der Waals surface area contributed by atoms with Crippen molar-refractivity contribution >= 4 is 27.5 Å². The predicted octanol–water partition coefficient (Wildman–Crippen LogP) is 1.63. The normalized spacial score (nSPS) is 17.7. The Bertz CT molecular complexity index is 456. The number of nitrogens with two attached hydrogens (primary N) is 1. The Morgan fingerprint density at radius 1 is 1.59 bits per heavy atom. The Kier molecular flexibility index (Phi) is 3.14. The van der Waals surface area contributed by atoms with Gasteiger partial charge in [0.2, 0.25) is 0 Å². The third-order valence-electron chi connectivity index (χ3n) is 3.17. The maximum atomic E-state index is 12.1. The van der Waals surface area contributed by atoms with Crippen LogP contribution in [0.3, 0.4) is 0 Å². The van der Waals surface area contributed by atoms with Crippen molar-refractivity contribution in [2.45, 2.75) is 18.9 Å². The number of carbonyl (C=O) groups excluding carboxylic acids is 1. The predicted molar refractivity (Wildman–Crippen MR) is 69.7 cm³/mol. The molecule has 1 aliphatic rings. The van der Waals surface area contributed by atoms with E-state index in [1.165, 1.54) is 0 Å². The van der Waals surface area contributed by atoms with Crippen molar-refractivity contribution in [2.24, 2.45) is 0 Å². The number of rotatable bonds is 2. The summed E-state index contributed by atoms with van der Waals surface area (Å²) in [5, 5.41) is 9.88. The van der Waals surface area contributed by atoms with Gasteiger partial charge in [-0.1, -0.05) is 13.0 Å². The van der Waals surface area contributed by atoms with Crippen LogP contribution in [-0.4, -0.2) is 34.6 Å². The minimum Gasteiger partial charge on any atom is -0.398 e. The monoisotopic (exact) mass is 298 g/mol. The smallest absolute Gasteiger partial charge is 0.255 e. The lowest BCUT2D eigenvalue weighted by Gasteiger charge is -2.46. The highest BCUT2D eigenvalue weighted by Crippen LogP contribution is 2.30. The van der Waals surface area contributed by atoms with Crippen LogP contribution < -0.4 is 5.73 Å². The van der Waals surface area contributed by atoms with Crippen LogP contribution in [0, 0.1) is 0 Å². The molecule has 1 fully saturated rings. The van der Waals surface area contributed by atoms with Crippen LogP contribution >= 0.6 is 15.9 Å². The van der Waals surface area contributed by atoms with Gasteiger partial charge in [0.1, 0.15) is 0 Å². The molecule has 0 bridgehead atoms. The fourth-order valence-electron chi connectivity index (χ4n) is 1.92. The van der Waals surface area contributed by atoms with E-state index in [1.54, 1.807) is 23.1 Å². The lowest BCUT2D eigenvalue weighted by Crippen LogP contribution is -2.63. The van der Waals surface area contributed by atoms with E-state index in [2.05, 4.69) is 15.9 Å². The molecule has 92 valence electrons. The first-order valence-corrected chi connectivity index (χ1v) is 6.32. The fourth-order valence-corrected chi connectivity index (χ4v) is 2.35. The Morgan fingerprint density at radius 3 is 2.82 bits per heavy atom. The van der Waals surface area contributed by atoms with Gasteiger partial charge in [0, 0.05) is 5.69 Å². The number of anilines is 1. The molecule has 1 heterocycles. The lowest BCUT2D eigenvalue weighted by molar-refractivity contribution is -0.0826. The van der Waals surface area contributed by atoms with Crippen molar-refractivity contribution in [3.05, 3.63) is 28.2 Å². The van der Waals surface area contributed by atoms with Crippen LogP contribution in [0.2, 0.25) is 0 Å². The molecule has 1 aromatic rings. The summed E-state index contributed by atoms with van der Waals surface area (Å²) >= 11 is 3.31. The number of nitrogen functional groups attached to an aromatic ring is 1. The van der Waals surface area contributed by atoms with Gasteiger partial charge in [-0.2, -0.15) is 0 Å². The van der Waals surface area contributed by atoms with Crippen molar-refractivity contribution in [2.75, 3.05) is 18.8 Å². The Labute approximate surface area is 109 Å². The maximum Gasteiger partial charge on any atom is 0.255 e. The fraction of sp³-hybridized carbons (Fsp3) is 0.417. The van der Waals surface area contributed by atoms with Crippen LogP contribution in [0.15, 0.2) is 22.7 Å². The van der Waals surface area contributed by atoms with E-state index in [-0.39, 0.29) is 5.91 Å². The van der Waals surface area contributed by atoms with Crippen LogP contribution in [0.25, 0.3) is 0 Å². The van der Waals surface area contributed by atoms with Gasteiger partial charge in [-0.05, 0) is 34.5 Å². The highest BCUT2D eigenvalue weighted by Gasteiger charge is 2.42. The van der Waals surface area contributed by atoms with Gasteiger partial charge < -0.3 is 15.7 Å². The van der Waals surface area contributed by atoms with Gasteiger partial charge in [-0.15, -0.1) is 0 Å². The largest absolute Gasteiger partial charge is 0.398 e. The number of aliphatic hydroxyl groups is 1. The lowest BCUT2D eigenvalue weighted by atomic mass is 9.90. The number of halogens is 1. The molecule has 3 N–H and O–H groups in total. The third-order valence-corrected chi connectivity index (χ3v) is 4.06. The molecule has 0 spiro atoms. The van der Waals surface area contributed by atoms with E-state index in [0.717, 1.165) is 0 Å². The quantitative estimate of drug-likeness (QED) is 0.816. The molecule has 17 heavy (non-hydrogen) atoms. The van der Waals surface area contributed by atoms with Gasteiger partial charge in [0.25, 0.3) is 5.91 Å². The molecule has 4 nitrogen and oxygen atoms in total. The van der Waals surface area contributed by atoms with Gasteiger partial charge in [0.15, 0.2) is 0 Å². The summed E-state index contributed by atoms with van der Waals surface area (Å²) in [7, 11) is 0. The number of β-amino-alcohol motifs (C(OH)–C–C–N with tert-alkyl or cyclic N) is 1. The molecule has 2 rings (SSSR count). The highest BCUT2D eigenvalue weighted by atomic mass is 79.9. The second kappa shape index (κ2) is 4.31. The Hall–Kier alpha value is -1.07. The molecule has 1 aliphatic heterocycles. The first-order valence-electron chi connectivity index (χ1n) is 5.52. The Balaban J connectivity index is 2.15. The summed E-state index contributed by atoms with van der Waals surface area (Å²) in [4.78, 5) is 13.8. The summed E-state index contributed by atoms with van der Waals surface area (Å²) in [6, 6.07) is 5.21. The number of benzene rings is 1. The molecule has 5 heteroatoms. The molecule has 1 saturated heterocycles. The molecule has 1 aromatic carbocycles. The van der Waals surface area contributed by atoms with Crippen LogP contribution in [0.4, 0.5) is 5.69 Å². The molecule has 0 atom stereocenters. The number of hydrogen-bond donors (Lipinski definition) is 2. The summed E-state index contributed by atoms with van der Waals surface area (Å²) < 4.78 is 0.622. The van der Waals surface area contributed by atoms with Crippen molar-refractivity contribution in [3.63, 3.8) is 0 Å². The molecule has 0 radical (unpaired) electrons. The summed E-state index contributed by atoms with van der Waals surface area (Å²) in [6.45, 7) is 2.70. The second-order valence-corrected chi connectivity index (χ2v) is 5.24. The van der Waals surface area contributed by atoms with Crippen molar-refractivity contribution in [1.29, 1.82) is 0 Å². The van der Waals surface area contributed by atoms with Crippen LogP contribution in [0.5, 0.6) is 0 Å². The number of nitrogens with zero attached hydrogens (tertiary/aromatic N) is 1. The molecular formula is C12H15BrN2O2. The zero-order chi connectivity index (χ0) is 12.6. The molecule has 0 aromatic heterocycles. The van der Waals surface area contributed by atoms with E-state index >= 15 is 0 Å². The average Bonchev–Trinajstić information content (AvgIpc) is 2.28. The SMILES string of the molecule is CCC1(O)CN(C(=O)c2cccc(N)c2Br)C1. The summed E-state index contributed by atoms with van der Waals surface area (Å²) in [5.74, 6) is -0.0951. The second-order valence-electron chi connectivity index (χ2n) is 4.45. The minimum atomic E-state index is -0.706. The molecule has 0 unspecified atom stereocenters. The van der Waals surface area contributed by atoms with Crippen molar-refractivity contribution in [3.8, 4) is 0 Å². The molecule has 1 amide bonds. The van der Waals surface area contributed by atoms with Gasteiger partial charge in [0.05, 0.1) is 28.7 Å². The van der Waals surface area contributed by atoms with Crippen LogP contribution in [-0.2, 0) is 0 Å². The molecular weight excluding hydrogens is 284 g/mol. The zero-order valence-electron chi connectivity index (χ0n) is 9.61. The first kappa shape index (κ1) is 12.4. The van der Waals surface area contributed by atoms with Gasteiger partial charge >= 0.3 is 0 Å². The summed E-state index contributed by atoms with van der Waals surface area (Å²) in [5.41, 5.74) is 6.11. The zero-order valence-corrected chi connectivity index (χ0v) is 11.2. The number of likely N-dealkylation sites (tertiary alicyclic amines) is 1. The van der Waals surface area contributed by atoms with Crippen molar-refractivity contribution < 1.29 is 9.90 Å². The Morgan fingerprint density at radius 2 is 2.24 bits per heavy atom. The van der Waals surface area contributed by atoms with E-state index in [9.17, 15) is 9.90 Å². The van der Waals surface area contributed by atoms with E-state index in [4.69, 9.17) is 5.73 Å².